The van der Waals surface area contributed by atoms with Crippen molar-refractivity contribution in [2.45, 2.75) is 32.1 Å². The number of rotatable bonds is 6. The highest BCUT2D eigenvalue weighted by molar-refractivity contribution is 6.04. The molecule has 1 aromatic heterocycles. The zero-order valence-corrected chi connectivity index (χ0v) is 14.7. The Labute approximate surface area is 155 Å². The number of nitrogens with one attached hydrogen (secondary N) is 2. The number of carbonyl (C=O) groups excluding carboxylic acids is 1. The minimum Gasteiger partial charge on any atom is -0.383 e. The molecular formula is C20H20F3N3O. The first-order valence-electron chi connectivity index (χ1n) is 8.86. The van der Waals surface area contributed by atoms with E-state index in [1.807, 2.05) is 0 Å². The van der Waals surface area contributed by atoms with Crippen LogP contribution in [0.5, 0.6) is 0 Å². The molecule has 1 aromatic carbocycles. The molecule has 1 amide bonds. The zero-order valence-electron chi connectivity index (χ0n) is 14.7. The van der Waals surface area contributed by atoms with Crippen molar-refractivity contribution in [1.29, 1.82) is 0 Å². The molecule has 3 rings (SSSR count). The maximum Gasteiger partial charge on any atom is 0.257 e. The van der Waals surface area contributed by atoms with Crippen LogP contribution in [0.3, 0.4) is 0 Å². The first-order chi connectivity index (χ1) is 13.0. The van der Waals surface area contributed by atoms with Gasteiger partial charge in [-0.1, -0.05) is 11.6 Å². The number of pyridine rings is 1. The number of aromatic nitrogens is 1. The molecule has 0 unspecified atom stereocenters. The molecule has 142 valence electrons. The quantitative estimate of drug-likeness (QED) is 0.548. The standard InChI is InChI=1S/C20H20F3N3O/c21-16-6-7-17(19(23)18(16)22)26-20(27)14-10-15(12-24-11-14)25-9-8-13-4-2-1-3-5-13/h4,6-7,10-12,25H,1-3,5,8-9H2,(H,26,27). The highest BCUT2D eigenvalue weighted by Gasteiger charge is 2.16. The summed E-state index contributed by atoms with van der Waals surface area (Å²) < 4.78 is 39.9. The van der Waals surface area contributed by atoms with Crippen LogP contribution >= 0.6 is 0 Å². The van der Waals surface area contributed by atoms with Gasteiger partial charge in [0.15, 0.2) is 17.5 Å². The molecule has 1 aliphatic rings. The van der Waals surface area contributed by atoms with Gasteiger partial charge >= 0.3 is 0 Å². The first-order valence-corrected chi connectivity index (χ1v) is 8.86. The first kappa shape index (κ1) is 18.9. The van der Waals surface area contributed by atoms with Crippen molar-refractivity contribution in [2.24, 2.45) is 0 Å². The Kier molecular flexibility index (Phi) is 6.11. The highest BCUT2D eigenvalue weighted by Crippen LogP contribution is 2.22. The summed E-state index contributed by atoms with van der Waals surface area (Å²) in [6.45, 7) is 0.719. The van der Waals surface area contributed by atoms with E-state index in [0.717, 1.165) is 37.9 Å². The summed E-state index contributed by atoms with van der Waals surface area (Å²) >= 11 is 0. The molecule has 0 fully saturated rings. The van der Waals surface area contributed by atoms with E-state index < -0.39 is 29.0 Å². The van der Waals surface area contributed by atoms with Crippen molar-refractivity contribution < 1.29 is 18.0 Å². The fourth-order valence-electron chi connectivity index (χ4n) is 2.98. The number of amides is 1. The zero-order chi connectivity index (χ0) is 19.2. The molecule has 27 heavy (non-hydrogen) atoms. The van der Waals surface area contributed by atoms with Crippen LogP contribution in [-0.2, 0) is 0 Å². The third-order valence-corrected chi connectivity index (χ3v) is 4.44. The number of hydrogen-bond acceptors (Lipinski definition) is 3. The lowest BCUT2D eigenvalue weighted by Crippen LogP contribution is -2.15. The van der Waals surface area contributed by atoms with Crippen LogP contribution in [-0.4, -0.2) is 17.4 Å². The van der Waals surface area contributed by atoms with Gasteiger partial charge in [-0.15, -0.1) is 0 Å². The average Bonchev–Trinajstić information content (AvgIpc) is 2.69. The summed E-state index contributed by atoms with van der Waals surface area (Å²) in [6.07, 6.45) is 10.8. The number of anilines is 2. The number of hydrogen-bond donors (Lipinski definition) is 2. The molecule has 0 saturated heterocycles. The normalized spacial score (nSPS) is 13.8. The van der Waals surface area contributed by atoms with Gasteiger partial charge in [0.05, 0.1) is 16.9 Å². The van der Waals surface area contributed by atoms with Crippen molar-refractivity contribution in [1.82, 2.24) is 4.98 Å². The Morgan fingerprint density at radius 3 is 2.74 bits per heavy atom. The number of nitrogens with zero attached hydrogens (tertiary/aromatic N) is 1. The molecule has 4 nitrogen and oxygen atoms in total. The summed E-state index contributed by atoms with van der Waals surface area (Å²) in [5.41, 5.74) is 1.84. The molecule has 7 heteroatoms. The van der Waals surface area contributed by atoms with Gasteiger partial charge < -0.3 is 10.6 Å². The van der Waals surface area contributed by atoms with Gasteiger partial charge in [0, 0.05) is 18.9 Å². The van der Waals surface area contributed by atoms with Crippen LogP contribution in [0.4, 0.5) is 24.5 Å². The minimum absolute atomic E-state index is 0.181. The van der Waals surface area contributed by atoms with E-state index in [-0.39, 0.29) is 5.56 Å². The molecule has 0 bridgehead atoms. The van der Waals surface area contributed by atoms with Crippen LogP contribution in [0.1, 0.15) is 42.5 Å². The molecule has 1 aliphatic carbocycles. The van der Waals surface area contributed by atoms with Gasteiger partial charge in [0.2, 0.25) is 0 Å². The van der Waals surface area contributed by atoms with Gasteiger partial charge in [0.1, 0.15) is 0 Å². The lowest BCUT2D eigenvalue weighted by Gasteiger charge is -2.13. The van der Waals surface area contributed by atoms with Crippen LogP contribution < -0.4 is 10.6 Å². The van der Waals surface area contributed by atoms with Crippen molar-refractivity contribution in [3.8, 4) is 0 Å². The molecule has 0 atom stereocenters. The van der Waals surface area contributed by atoms with Gasteiger partial charge in [-0.3, -0.25) is 9.78 Å². The number of benzene rings is 1. The predicted molar refractivity (Wildman–Crippen MR) is 98.2 cm³/mol. The summed E-state index contributed by atoms with van der Waals surface area (Å²) in [5.74, 6) is -5.04. The van der Waals surface area contributed by atoms with Crippen LogP contribution in [0.15, 0.2) is 42.2 Å². The van der Waals surface area contributed by atoms with Gasteiger partial charge in [-0.2, -0.15) is 0 Å². The largest absolute Gasteiger partial charge is 0.383 e. The second-order valence-electron chi connectivity index (χ2n) is 6.42. The number of allylic oxidation sites excluding steroid dienone is 1. The average molecular weight is 375 g/mol. The fourth-order valence-corrected chi connectivity index (χ4v) is 2.98. The van der Waals surface area contributed by atoms with Crippen LogP contribution in [0.2, 0.25) is 0 Å². The van der Waals surface area contributed by atoms with E-state index in [1.165, 1.54) is 24.6 Å². The summed E-state index contributed by atoms with van der Waals surface area (Å²) in [6, 6.07) is 3.30. The Morgan fingerprint density at radius 2 is 1.96 bits per heavy atom. The third kappa shape index (κ3) is 4.87. The highest BCUT2D eigenvalue weighted by atomic mass is 19.2. The van der Waals surface area contributed by atoms with Crippen molar-refractivity contribution in [3.63, 3.8) is 0 Å². The molecule has 0 aliphatic heterocycles. The fraction of sp³-hybridized carbons (Fsp3) is 0.300. The van der Waals surface area contributed by atoms with E-state index >= 15 is 0 Å². The maximum absolute atomic E-state index is 13.7. The second kappa shape index (κ2) is 8.70. The van der Waals surface area contributed by atoms with E-state index in [9.17, 15) is 18.0 Å². The Morgan fingerprint density at radius 1 is 1.11 bits per heavy atom. The van der Waals surface area contributed by atoms with Gasteiger partial charge in [-0.25, -0.2) is 13.2 Å². The summed E-state index contributed by atoms with van der Waals surface area (Å²) in [4.78, 5) is 16.3. The van der Waals surface area contributed by atoms with Crippen molar-refractivity contribution in [3.05, 3.63) is 65.3 Å². The number of carbonyl (C=O) groups is 1. The van der Waals surface area contributed by atoms with E-state index in [1.54, 1.807) is 12.3 Å². The van der Waals surface area contributed by atoms with E-state index in [2.05, 4.69) is 21.7 Å². The molecule has 0 saturated carbocycles. The molecule has 0 radical (unpaired) electrons. The second-order valence-corrected chi connectivity index (χ2v) is 6.42. The SMILES string of the molecule is O=C(Nc1ccc(F)c(F)c1F)c1cncc(NCCC2=CCCCC2)c1. The monoisotopic (exact) mass is 375 g/mol. The number of halogens is 3. The molecule has 0 spiro atoms. The topological polar surface area (TPSA) is 54.0 Å². The molecule has 1 heterocycles. The van der Waals surface area contributed by atoms with E-state index in [4.69, 9.17) is 0 Å². The van der Waals surface area contributed by atoms with Gasteiger partial charge in [-0.05, 0) is 50.3 Å². The minimum atomic E-state index is -1.63. The van der Waals surface area contributed by atoms with Gasteiger partial charge in [0.25, 0.3) is 5.91 Å². The maximum atomic E-state index is 13.7. The third-order valence-electron chi connectivity index (χ3n) is 4.44. The Hall–Kier alpha value is -2.83. The smallest absolute Gasteiger partial charge is 0.257 e. The lowest BCUT2D eigenvalue weighted by atomic mass is 9.97. The molecule has 2 aromatic rings. The Balaban J connectivity index is 1.61. The lowest BCUT2D eigenvalue weighted by molar-refractivity contribution is 0.102. The summed E-state index contributed by atoms with van der Waals surface area (Å²) in [7, 11) is 0. The van der Waals surface area contributed by atoms with Crippen molar-refractivity contribution in [2.75, 3.05) is 17.2 Å². The Bertz CT molecular complexity index is 868. The predicted octanol–water partition coefficient (Wildman–Crippen LogP) is 5.05. The summed E-state index contributed by atoms with van der Waals surface area (Å²) in [5, 5.41) is 5.44. The molecule has 2 N–H and O–H groups in total. The van der Waals surface area contributed by atoms with E-state index in [0.29, 0.717) is 5.69 Å². The van der Waals surface area contributed by atoms with Crippen molar-refractivity contribution >= 4 is 17.3 Å². The van der Waals surface area contributed by atoms with Crippen LogP contribution in [0.25, 0.3) is 0 Å². The molecular weight excluding hydrogens is 355 g/mol. The van der Waals surface area contributed by atoms with Crippen LogP contribution in [0, 0.1) is 17.5 Å².